The Hall–Kier alpha value is -1.96. The highest BCUT2D eigenvalue weighted by Gasteiger charge is 2.20. The Kier molecular flexibility index (Phi) is 7.17. The van der Waals surface area contributed by atoms with Gasteiger partial charge in [0, 0.05) is 5.69 Å². The van der Waals surface area contributed by atoms with Crippen LogP contribution >= 0.6 is 0 Å². The molecule has 24 heavy (non-hydrogen) atoms. The molecule has 0 bridgehead atoms. The maximum absolute atomic E-state index is 12.1. The zero-order chi connectivity index (χ0) is 17.4. The molecule has 4 N–H and O–H groups in total. The van der Waals surface area contributed by atoms with E-state index >= 15 is 0 Å². The number of rotatable bonds is 8. The molecule has 1 aliphatic heterocycles. The van der Waals surface area contributed by atoms with E-state index in [0.717, 1.165) is 38.4 Å². The number of nitrogens with one attached hydrogen (secondary N) is 2. The first kappa shape index (κ1) is 18.4. The Morgan fingerprint density at radius 2 is 2.12 bits per heavy atom. The second-order valence-electron chi connectivity index (χ2n) is 6.18. The average molecular weight is 336 g/mol. The maximum Gasteiger partial charge on any atom is 0.230 e. The normalized spacial score (nSPS) is 16.5. The number of carboxylic acid groups (broad SMARTS) is 1. The predicted molar refractivity (Wildman–Crippen MR) is 86.4 cm³/mol. The second kappa shape index (κ2) is 9.36. The van der Waals surface area contributed by atoms with Gasteiger partial charge in [-0.25, -0.2) is 0 Å². The Balaban J connectivity index is 1.77. The summed E-state index contributed by atoms with van der Waals surface area (Å²) in [4.78, 5) is 24.7. The number of aryl methyl sites for hydroxylation is 1. The molecule has 0 spiro atoms. The predicted octanol–water partition coefficient (Wildman–Crippen LogP) is -3.08. The number of aliphatic carboxylic acids is 1. The average Bonchev–Trinajstić information content (AvgIpc) is 2.54. The summed E-state index contributed by atoms with van der Waals surface area (Å²) in [6.45, 7) is 6.81. The van der Waals surface area contributed by atoms with Crippen LogP contribution in [0.4, 0.5) is 5.69 Å². The van der Waals surface area contributed by atoms with Crippen LogP contribution in [0.1, 0.15) is 12.0 Å². The van der Waals surface area contributed by atoms with E-state index in [4.69, 9.17) is 4.74 Å². The van der Waals surface area contributed by atoms with E-state index < -0.39 is 12.0 Å². The van der Waals surface area contributed by atoms with Crippen LogP contribution in [-0.2, 0) is 14.3 Å². The van der Waals surface area contributed by atoms with Crippen molar-refractivity contribution in [2.24, 2.45) is 0 Å². The second-order valence-corrected chi connectivity index (χ2v) is 6.18. The highest BCUT2D eigenvalue weighted by atomic mass is 16.5. The summed E-state index contributed by atoms with van der Waals surface area (Å²) in [5.74, 6) is -1.52. The minimum atomic E-state index is -1.20. The van der Waals surface area contributed by atoms with E-state index in [1.807, 2.05) is 25.1 Å². The highest BCUT2D eigenvalue weighted by molar-refractivity contribution is 5.93. The zero-order valence-corrected chi connectivity index (χ0v) is 14.0. The fourth-order valence-electron chi connectivity index (χ4n) is 2.80. The van der Waals surface area contributed by atoms with Crippen molar-refractivity contribution in [2.75, 3.05) is 44.7 Å². The van der Waals surface area contributed by atoms with Gasteiger partial charge in [0.25, 0.3) is 0 Å². The molecule has 7 heteroatoms. The van der Waals surface area contributed by atoms with Gasteiger partial charge in [0.15, 0.2) is 0 Å². The lowest BCUT2D eigenvalue weighted by Crippen LogP contribution is -3.17. The number of carbonyl (C=O) groups excluding carboxylic acids is 2. The number of carbonyl (C=O) groups is 2. The topological polar surface area (TPSA) is 99.5 Å². The van der Waals surface area contributed by atoms with Gasteiger partial charge in [-0.3, -0.25) is 4.79 Å². The first-order valence-corrected chi connectivity index (χ1v) is 8.36. The quantitative estimate of drug-likeness (QED) is 0.469. The Labute approximate surface area is 142 Å². The summed E-state index contributed by atoms with van der Waals surface area (Å²) >= 11 is 0. The van der Waals surface area contributed by atoms with Gasteiger partial charge < -0.3 is 30.2 Å². The van der Waals surface area contributed by atoms with Crippen LogP contribution in [0.2, 0.25) is 0 Å². The van der Waals surface area contributed by atoms with Crippen LogP contribution in [0, 0.1) is 6.92 Å². The number of benzene rings is 1. The molecule has 0 aliphatic carbocycles. The number of nitrogens with two attached hydrogens (primary N) is 1. The van der Waals surface area contributed by atoms with Crippen LogP contribution in [0.5, 0.6) is 0 Å². The summed E-state index contributed by atoms with van der Waals surface area (Å²) in [7, 11) is 0. The first-order chi connectivity index (χ1) is 11.5. The standard InChI is InChI=1S/C17H25N3O4/c1-13-3-2-4-14(11-13)19-16(21)12-15(17(22)23)18-5-6-20-7-9-24-10-8-20/h2-4,11,15,18H,5-10,12H2,1H3,(H,19,21)(H,22,23)/p+1/t15-/m0/s1. The van der Waals surface area contributed by atoms with Crippen molar-refractivity contribution in [3.8, 4) is 0 Å². The van der Waals surface area contributed by atoms with Gasteiger partial charge in [-0.2, -0.15) is 0 Å². The molecule has 1 saturated heterocycles. The monoisotopic (exact) mass is 336 g/mol. The van der Waals surface area contributed by atoms with Gasteiger partial charge in [0.1, 0.15) is 32.2 Å². The van der Waals surface area contributed by atoms with Gasteiger partial charge in [-0.15, -0.1) is 0 Å². The molecular weight excluding hydrogens is 310 g/mol. The first-order valence-electron chi connectivity index (χ1n) is 8.36. The van der Waals surface area contributed by atoms with Crippen molar-refractivity contribution in [3.63, 3.8) is 0 Å². The van der Waals surface area contributed by atoms with Crippen molar-refractivity contribution in [2.45, 2.75) is 19.4 Å². The van der Waals surface area contributed by atoms with E-state index in [2.05, 4.69) is 5.32 Å². The van der Waals surface area contributed by atoms with E-state index in [9.17, 15) is 14.7 Å². The van der Waals surface area contributed by atoms with Gasteiger partial charge in [-0.05, 0) is 24.6 Å². The number of quaternary nitrogens is 2. The molecule has 0 aromatic heterocycles. The van der Waals surface area contributed by atoms with Gasteiger partial charge in [0.2, 0.25) is 5.91 Å². The molecule has 1 fully saturated rings. The number of hydrogen-bond acceptors (Lipinski definition) is 4. The Morgan fingerprint density at radius 1 is 1.38 bits per heavy atom. The van der Waals surface area contributed by atoms with Crippen molar-refractivity contribution < 1.29 is 29.6 Å². The van der Waals surface area contributed by atoms with Gasteiger partial charge in [-0.1, -0.05) is 12.1 Å². The summed E-state index contributed by atoms with van der Waals surface area (Å²) in [5, 5.41) is 15.7. The fraction of sp³-hybridized carbons (Fsp3) is 0.529. The third-order valence-corrected chi connectivity index (χ3v) is 4.16. The van der Waals surface area contributed by atoms with Crippen LogP contribution < -0.4 is 20.6 Å². The lowest BCUT2D eigenvalue weighted by molar-refractivity contribution is -0.920. The molecule has 2 rings (SSSR count). The zero-order valence-electron chi connectivity index (χ0n) is 14.0. The van der Waals surface area contributed by atoms with Crippen LogP contribution in [0.3, 0.4) is 0 Å². The molecule has 1 aromatic carbocycles. The molecule has 1 amide bonds. The largest absolute Gasteiger partial charge is 0.544 e. The maximum atomic E-state index is 12.1. The van der Waals surface area contributed by atoms with Crippen LogP contribution in [0.15, 0.2) is 24.3 Å². The molecule has 0 saturated carbocycles. The third-order valence-electron chi connectivity index (χ3n) is 4.16. The van der Waals surface area contributed by atoms with Crippen molar-refractivity contribution in [3.05, 3.63) is 29.8 Å². The number of carboxylic acids is 1. The minimum absolute atomic E-state index is 0.102. The number of morpholine rings is 1. The Bertz CT molecular complexity index is 559. The van der Waals surface area contributed by atoms with E-state index in [1.54, 1.807) is 11.4 Å². The number of hydrogen-bond donors (Lipinski definition) is 3. The van der Waals surface area contributed by atoms with E-state index in [0.29, 0.717) is 12.2 Å². The molecule has 1 heterocycles. The molecule has 1 atom stereocenters. The number of amides is 1. The summed E-state index contributed by atoms with van der Waals surface area (Å²) in [6.07, 6.45) is -0.102. The van der Waals surface area contributed by atoms with Gasteiger partial charge >= 0.3 is 0 Å². The summed E-state index contributed by atoms with van der Waals surface area (Å²) in [6, 6.07) is 6.54. The fourth-order valence-corrected chi connectivity index (χ4v) is 2.80. The molecule has 0 radical (unpaired) electrons. The molecule has 7 nitrogen and oxygen atoms in total. The smallest absolute Gasteiger partial charge is 0.230 e. The molecule has 1 aliphatic rings. The molecule has 1 aromatic rings. The number of ether oxygens (including phenoxy) is 1. The highest BCUT2D eigenvalue weighted by Crippen LogP contribution is 2.09. The SMILES string of the molecule is Cc1cccc(NC(=O)C[C@H]([NH2+]CC[NH+]2CCOCC2)C(=O)[O-])c1. The lowest BCUT2D eigenvalue weighted by atomic mass is 10.1. The van der Waals surface area contributed by atoms with Crippen molar-refractivity contribution in [1.29, 1.82) is 0 Å². The number of anilines is 1. The third kappa shape index (κ3) is 6.27. The van der Waals surface area contributed by atoms with Gasteiger partial charge in [0.05, 0.1) is 25.6 Å². The van der Waals surface area contributed by atoms with Crippen LogP contribution in [-0.4, -0.2) is 57.3 Å². The van der Waals surface area contributed by atoms with Crippen molar-refractivity contribution in [1.82, 2.24) is 0 Å². The summed E-state index contributed by atoms with van der Waals surface area (Å²) < 4.78 is 5.29. The lowest BCUT2D eigenvalue weighted by Gasteiger charge is -2.24. The van der Waals surface area contributed by atoms with Crippen LogP contribution in [0.25, 0.3) is 0 Å². The Morgan fingerprint density at radius 3 is 2.79 bits per heavy atom. The minimum Gasteiger partial charge on any atom is -0.544 e. The van der Waals surface area contributed by atoms with E-state index in [-0.39, 0.29) is 12.3 Å². The van der Waals surface area contributed by atoms with E-state index in [1.165, 1.54) is 4.90 Å². The molecule has 132 valence electrons. The van der Waals surface area contributed by atoms with Crippen molar-refractivity contribution >= 4 is 17.6 Å². The molecular formula is C17H26N3O4+. The summed E-state index contributed by atoms with van der Waals surface area (Å²) in [5.41, 5.74) is 1.71. The molecule has 0 unspecified atom stereocenters.